The van der Waals surface area contributed by atoms with Crippen LogP contribution < -0.4 is 0 Å². The highest BCUT2D eigenvalue weighted by atomic mass is 16.7. The topological polar surface area (TPSA) is 213 Å². The Morgan fingerprint density at radius 2 is 1.81 bits per heavy atom. The largest absolute Gasteiger partial charge is 0.451 e. The van der Waals surface area contributed by atoms with Gasteiger partial charge in [-0.05, 0) is 37.8 Å². The zero-order valence-electron chi connectivity index (χ0n) is 21.1. The molecular weight excluding hydrogens is 490 g/mol. The Bertz CT molecular complexity index is 1190. The molecule has 3 heterocycles. The third-order valence-electron chi connectivity index (χ3n) is 11.5. The van der Waals surface area contributed by atoms with Gasteiger partial charge in [-0.15, -0.1) is 0 Å². The predicted molar refractivity (Wildman–Crippen MR) is 122 cm³/mol. The highest BCUT2D eigenvalue weighted by Crippen LogP contribution is 2.90. The van der Waals surface area contributed by atoms with Crippen LogP contribution in [0.1, 0.15) is 57.4 Å². The molecule has 6 aliphatic rings. The van der Waals surface area contributed by atoms with Gasteiger partial charge >= 0.3 is 5.97 Å². The monoisotopic (exact) mass is 525 g/mol. The molecule has 4 saturated carbocycles. The first kappa shape index (κ1) is 25.7. The lowest BCUT2D eigenvalue weighted by Gasteiger charge is -2.61. The number of aliphatic hydroxyl groups excluding tert-OH is 2. The van der Waals surface area contributed by atoms with Crippen molar-refractivity contribution < 1.29 is 55.1 Å². The molecule has 12 nitrogen and oxygen atoms in total. The van der Waals surface area contributed by atoms with E-state index in [0.29, 0.717) is 0 Å². The molecule has 6 fully saturated rings. The van der Waals surface area contributed by atoms with Crippen molar-refractivity contribution in [1.82, 2.24) is 4.98 Å². The molecule has 1 aromatic heterocycles. The minimum atomic E-state index is -2.88. The third kappa shape index (κ3) is 1.91. The van der Waals surface area contributed by atoms with E-state index in [1.165, 1.54) is 26.1 Å². The summed E-state index contributed by atoms with van der Waals surface area (Å²) in [6.45, 7) is 4.77. The molecule has 0 aromatic carbocycles. The van der Waals surface area contributed by atoms with E-state index in [1.54, 1.807) is 19.9 Å². The number of esters is 1. The molecule has 2 aliphatic heterocycles. The van der Waals surface area contributed by atoms with Crippen LogP contribution in [-0.4, -0.2) is 110 Å². The number of nitrogens with one attached hydrogen (secondary N) is 1. The van der Waals surface area contributed by atoms with Gasteiger partial charge in [0.2, 0.25) is 0 Å². The number of H-pyrrole nitrogens is 1. The first-order valence-electron chi connectivity index (χ1n) is 12.6. The predicted octanol–water partition coefficient (Wildman–Crippen LogP) is -2.10. The van der Waals surface area contributed by atoms with E-state index >= 15 is 0 Å². The Morgan fingerprint density at radius 1 is 1.16 bits per heavy atom. The Morgan fingerprint density at radius 3 is 2.35 bits per heavy atom. The zero-order chi connectivity index (χ0) is 27.5. The molecule has 206 valence electrons. The SMILES string of the molecule is CC(C)[C@@]1(O)[C@@H](OC(=O)c2ccc[nH]2)[C@@]2(O)[C@@]3(C)C[C@@]4(O)O[C@]5([C@H](O)[C@@](O)(CO)CC[C@]35O)[C@@]2(O)[C@@]41C. The van der Waals surface area contributed by atoms with Crippen LogP contribution in [0.5, 0.6) is 0 Å². The van der Waals surface area contributed by atoms with E-state index in [2.05, 4.69) is 4.98 Å². The minimum Gasteiger partial charge on any atom is -0.451 e. The summed E-state index contributed by atoms with van der Waals surface area (Å²) >= 11 is 0. The van der Waals surface area contributed by atoms with Crippen molar-refractivity contribution in [2.75, 3.05) is 6.61 Å². The van der Waals surface area contributed by atoms with E-state index < -0.39 is 87.3 Å². The highest BCUT2D eigenvalue weighted by Gasteiger charge is 3.10. The van der Waals surface area contributed by atoms with Crippen LogP contribution in [-0.2, 0) is 9.47 Å². The Kier molecular flexibility index (Phi) is 4.44. The Labute approximate surface area is 212 Å². The molecule has 1 spiro atoms. The summed E-state index contributed by atoms with van der Waals surface area (Å²) in [6, 6.07) is 2.96. The first-order valence-corrected chi connectivity index (χ1v) is 12.6. The number of hydrogen-bond acceptors (Lipinski definition) is 11. The van der Waals surface area contributed by atoms with Crippen molar-refractivity contribution in [2.24, 2.45) is 16.7 Å². The van der Waals surface area contributed by atoms with Crippen molar-refractivity contribution in [3.8, 4) is 0 Å². The second kappa shape index (κ2) is 6.40. The fourth-order valence-electron chi connectivity index (χ4n) is 9.61. The second-order valence-electron chi connectivity index (χ2n) is 12.6. The van der Waals surface area contributed by atoms with Gasteiger partial charge in [0, 0.05) is 18.0 Å². The summed E-state index contributed by atoms with van der Waals surface area (Å²) in [6.07, 6.45) is -3.85. The summed E-state index contributed by atoms with van der Waals surface area (Å²) in [5, 5.41) is 95.2. The number of aromatic amines is 1. The molecular formula is C25H35NO11. The summed E-state index contributed by atoms with van der Waals surface area (Å²) in [5.41, 5.74) is -19.4. The quantitative estimate of drug-likeness (QED) is 0.194. The lowest BCUT2D eigenvalue weighted by Crippen LogP contribution is -2.79. The van der Waals surface area contributed by atoms with E-state index in [1.807, 2.05) is 0 Å². The standard InChI is InChI=1S/C25H35NO11/c1-12(2)22(33)16(36-14(28)13-6-5-9-26-13)23(34)17(3)10-21(32)18(22,4)25(23,35)24(37-21)15(29)19(30,11-27)7-8-20(17,24)31/h5-6,9,12,15-16,26-27,29-35H,7-8,10-11H2,1-4H3/t15-,16-,17+,18+,19+,20+,21-,22-,23-,24+,25-/m1/s1. The molecule has 2 saturated heterocycles. The van der Waals surface area contributed by atoms with E-state index in [-0.39, 0.29) is 18.5 Å². The summed E-state index contributed by atoms with van der Waals surface area (Å²) in [5.74, 6) is -4.31. The maximum absolute atomic E-state index is 13.2. The number of ether oxygens (including phenoxy) is 2. The number of aromatic nitrogens is 1. The van der Waals surface area contributed by atoms with Crippen LogP contribution in [0.4, 0.5) is 0 Å². The molecule has 4 aliphatic carbocycles. The van der Waals surface area contributed by atoms with Crippen LogP contribution in [0, 0.1) is 16.7 Å². The van der Waals surface area contributed by atoms with Gasteiger partial charge in [-0.25, -0.2) is 4.79 Å². The molecule has 0 unspecified atom stereocenters. The van der Waals surface area contributed by atoms with E-state index in [0.717, 1.165) is 0 Å². The van der Waals surface area contributed by atoms with Crippen molar-refractivity contribution in [3.63, 3.8) is 0 Å². The molecule has 0 amide bonds. The molecule has 7 rings (SSSR count). The van der Waals surface area contributed by atoms with Crippen LogP contribution >= 0.6 is 0 Å². The van der Waals surface area contributed by atoms with Gasteiger partial charge in [0.1, 0.15) is 39.8 Å². The van der Waals surface area contributed by atoms with E-state index in [9.17, 15) is 45.6 Å². The van der Waals surface area contributed by atoms with Gasteiger partial charge in [0.15, 0.2) is 17.5 Å². The molecule has 37 heavy (non-hydrogen) atoms. The average Bonchev–Trinajstić information content (AvgIpc) is 3.46. The van der Waals surface area contributed by atoms with E-state index in [4.69, 9.17) is 9.47 Å². The smallest absolute Gasteiger partial charge is 0.355 e. The number of hydrogen-bond donors (Lipinski definition) is 9. The number of aliphatic hydroxyl groups is 8. The average molecular weight is 526 g/mol. The van der Waals surface area contributed by atoms with Crippen molar-refractivity contribution in [2.45, 2.75) is 98.6 Å². The molecule has 9 N–H and O–H groups in total. The lowest BCUT2D eigenvalue weighted by atomic mass is 9.52. The maximum Gasteiger partial charge on any atom is 0.355 e. The summed E-state index contributed by atoms with van der Waals surface area (Å²) in [4.78, 5) is 15.9. The van der Waals surface area contributed by atoms with Gasteiger partial charge < -0.3 is 55.3 Å². The normalized spacial score (nSPS) is 59.3. The van der Waals surface area contributed by atoms with Gasteiger partial charge in [-0.2, -0.15) is 0 Å². The molecule has 1 aromatic rings. The molecule has 12 heteroatoms. The van der Waals surface area contributed by atoms with Gasteiger partial charge in [0.25, 0.3) is 0 Å². The fraction of sp³-hybridized carbons (Fsp3) is 0.800. The highest BCUT2D eigenvalue weighted by molar-refractivity contribution is 5.87. The summed E-state index contributed by atoms with van der Waals surface area (Å²) in [7, 11) is 0. The van der Waals surface area contributed by atoms with Crippen molar-refractivity contribution in [1.29, 1.82) is 0 Å². The number of rotatable bonds is 4. The molecule has 6 bridgehead atoms. The van der Waals surface area contributed by atoms with Crippen molar-refractivity contribution >= 4 is 5.97 Å². The molecule has 11 atom stereocenters. The minimum absolute atomic E-state index is 0.00472. The Balaban J connectivity index is 1.69. The Hall–Kier alpha value is -1.61. The number of carbonyl (C=O) groups is 1. The van der Waals surface area contributed by atoms with Crippen LogP contribution in [0.15, 0.2) is 18.3 Å². The maximum atomic E-state index is 13.2. The van der Waals surface area contributed by atoms with Crippen molar-refractivity contribution in [3.05, 3.63) is 24.0 Å². The van der Waals surface area contributed by atoms with Gasteiger partial charge in [0.05, 0.1) is 12.0 Å². The zero-order valence-corrected chi connectivity index (χ0v) is 21.1. The van der Waals surface area contributed by atoms with Gasteiger partial charge in [-0.1, -0.05) is 20.8 Å². The van der Waals surface area contributed by atoms with Crippen LogP contribution in [0.3, 0.4) is 0 Å². The lowest BCUT2D eigenvalue weighted by molar-refractivity contribution is -0.400. The fourth-order valence-corrected chi connectivity index (χ4v) is 9.61. The second-order valence-corrected chi connectivity index (χ2v) is 12.6. The van der Waals surface area contributed by atoms with Crippen LogP contribution in [0.2, 0.25) is 0 Å². The molecule has 0 radical (unpaired) electrons. The first-order chi connectivity index (χ1) is 16.9. The van der Waals surface area contributed by atoms with Crippen LogP contribution in [0.25, 0.3) is 0 Å². The van der Waals surface area contributed by atoms with Gasteiger partial charge in [-0.3, -0.25) is 0 Å². The summed E-state index contributed by atoms with van der Waals surface area (Å²) < 4.78 is 11.9. The third-order valence-corrected chi connectivity index (χ3v) is 11.5. The number of carbonyl (C=O) groups excluding carboxylic acids is 1.